The highest BCUT2D eigenvalue weighted by molar-refractivity contribution is 7.17. The van der Waals surface area contributed by atoms with E-state index < -0.39 is 33.1 Å². The van der Waals surface area contributed by atoms with Gasteiger partial charge in [0.25, 0.3) is 17.3 Å². The average molecular weight is 391 g/mol. The topological polar surface area (TPSA) is 153 Å². The maximum atomic E-state index is 12.5. The lowest BCUT2D eigenvalue weighted by molar-refractivity contribution is -0.394. The number of aryl methyl sites for hydroxylation is 1. The minimum atomic E-state index is -1.17. The van der Waals surface area contributed by atoms with Crippen molar-refractivity contribution < 1.29 is 24.5 Å². The quantitative estimate of drug-likeness (QED) is 0.585. The third kappa shape index (κ3) is 3.62. The number of non-ortho nitro benzene ring substituents is 2. The first-order chi connectivity index (χ1) is 12.8. The zero-order chi connectivity index (χ0) is 19.7. The van der Waals surface area contributed by atoms with E-state index in [-0.39, 0.29) is 16.1 Å². The molecule has 3 rings (SSSR count). The summed E-state index contributed by atoms with van der Waals surface area (Å²) in [6.45, 7) is 0. The number of carbonyl (C=O) groups is 2. The normalized spacial score (nSPS) is 12.9. The maximum Gasteiger partial charge on any atom is 0.339 e. The van der Waals surface area contributed by atoms with Gasteiger partial charge in [0.15, 0.2) is 0 Å². The summed E-state index contributed by atoms with van der Waals surface area (Å²) in [4.78, 5) is 45.3. The molecule has 1 heterocycles. The number of hydrogen-bond donors (Lipinski definition) is 2. The number of rotatable bonds is 5. The van der Waals surface area contributed by atoms with E-state index in [9.17, 15) is 34.9 Å². The van der Waals surface area contributed by atoms with Gasteiger partial charge in [-0.1, -0.05) is 0 Å². The van der Waals surface area contributed by atoms with E-state index in [1.165, 1.54) is 0 Å². The van der Waals surface area contributed by atoms with E-state index in [2.05, 4.69) is 5.32 Å². The molecule has 0 spiro atoms. The molecule has 140 valence electrons. The number of thiophene rings is 1. The number of nitrogens with zero attached hydrogens (tertiary/aromatic N) is 2. The van der Waals surface area contributed by atoms with Gasteiger partial charge in [0.1, 0.15) is 5.00 Å². The predicted octanol–water partition coefficient (Wildman–Crippen LogP) is 3.39. The number of nitro benzene ring substituents is 2. The Labute approximate surface area is 155 Å². The highest BCUT2D eigenvalue weighted by atomic mass is 32.1. The predicted molar refractivity (Wildman–Crippen MR) is 95.6 cm³/mol. The number of amides is 1. The third-order valence-corrected chi connectivity index (χ3v) is 5.41. The molecule has 0 radical (unpaired) electrons. The van der Waals surface area contributed by atoms with Crippen LogP contribution < -0.4 is 5.32 Å². The fraction of sp³-hybridized carbons (Fsp3) is 0.250. The summed E-state index contributed by atoms with van der Waals surface area (Å²) >= 11 is 1.15. The van der Waals surface area contributed by atoms with Crippen molar-refractivity contribution in [1.29, 1.82) is 0 Å². The number of carboxylic acid groups (broad SMARTS) is 1. The average Bonchev–Trinajstić information content (AvgIpc) is 2.99. The van der Waals surface area contributed by atoms with Crippen LogP contribution in [-0.4, -0.2) is 26.8 Å². The van der Waals surface area contributed by atoms with Gasteiger partial charge in [-0.05, 0) is 31.2 Å². The van der Waals surface area contributed by atoms with E-state index in [0.29, 0.717) is 12.0 Å². The molecule has 0 atom stereocenters. The van der Waals surface area contributed by atoms with Gasteiger partial charge in [0.05, 0.1) is 27.0 Å². The van der Waals surface area contributed by atoms with Crippen LogP contribution in [0, 0.1) is 20.2 Å². The van der Waals surface area contributed by atoms with E-state index in [1.807, 2.05) is 0 Å². The maximum absolute atomic E-state index is 12.5. The van der Waals surface area contributed by atoms with Crippen LogP contribution in [0.5, 0.6) is 0 Å². The Hall–Kier alpha value is -3.34. The van der Waals surface area contributed by atoms with Crippen molar-refractivity contribution in [2.75, 3.05) is 5.32 Å². The van der Waals surface area contributed by atoms with Crippen LogP contribution in [0.3, 0.4) is 0 Å². The Morgan fingerprint density at radius 1 is 1.04 bits per heavy atom. The summed E-state index contributed by atoms with van der Waals surface area (Å²) in [5.74, 6) is -2.02. The molecule has 0 fully saturated rings. The molecular formula is C16H13N3O7S. The Balaban J connectivity index is 1.99. The molecule has 1 aliphatic rings. The van der Waals surface area contributed by atoms with Crippen molar-refractivity contribution in [3.8, 4) is 0 Å². The van der Waals surface area contributed by atoms with E-state index in [4.69, 9.17) is 0 Å². The number of hydrogen-bond acceptors (Lipinski definition) is 7. The first kappa shape index (κ1) is 18.5. The number of benzene rings is 1. The Kier molecular flexibility index (Phi) is 4.86. The highest BCUT2D eigenvalue weighted by Crippen LogP contribution is 2.38. The monoisotopic (exact) mass is 391 g/mol. The fourth-order valence-electron chi connectivity index (χ4n) is 2.99. The van der Waals surface area contributed by atoms with Gasteiger partial charge in [0, 0.05) is 17.0 Å². The lowest BCUT2D eigenvalue weighted by Crippen LogP contribution is -2.14. The molecule has 0 aliphatic heterocycles. The summed E-state index contributed by atoms with van der Waals surface area (Å²) in [5.41, 5.74) is -0.780. The zero-order valence-corrected chi connectivity index (χ0v) is 14.6. The van der Waals surface area contributed by atoms with Gasteiger partial charge in [-0.3, -0.25) is 25.0 Å². The van der Waals surface area contributed by atoms with E-state index in [1.54, 1.807) is 0 Å². The Bertz CT molecular complexity index is 950. The second-order valence-electron chi connectivity index (χ2n) is 5.93. The minimum Gasteiger partial charge on any atom is -0.478 e. The minimum absolute atomic E-state index is 0.0166. The Morgan fingerprint density at radius 3 is 2.19 bits per heavy atom. The molecule has 1 aliphatic carbocycles. The highest BCUT2D eigenvalue weighted by Gasteiger charge is 2.27. The van der Waals surface area contributed by atoms with Gasteiger partial charge in [-0.25, -0.2) is 4.79 Å². The van der Waals surface area contributed by atoms with Crippen molar-refractivity contribution in [1.82, 2.24) is 0 Å². The second-order valence-corrected chi connectivity index (χ2v) is 7.03. The van der Waals surface area contributed by atoms with Gasteiger partial charge < -0.3 is 10.4 Å². The zero-order valence-electron chi connectivity index (χ0n) is 13.8. The molecule has 1 aromatic heterocycles. The van der Waals surface area contributed by atoms with Gasteiger partial charge in [-0.15, -0.1) is 11.3 Å². The smallest absolute Gasteiger partial charge is 0.339 e. The third-order valence-electron chi connectivity index (χ3n) is 4.20. The van der Waals surface area contributed by atoms with Crippen LogP contribution in [0.2, 0.25) is 0 Å². The number of carbonyl (C=O) groups excluding carboxylic acids is 1. The molecule has 0 saturated carbocycles. The van der Waals surface area contributed by atoms with Gasteiger partial charge >= 0.3 is 5.97 Å². The molecule has 10 nitrogen and oxygen atoms in total. The molecular weight excluding hydrogens is 378 g/mol. The lowest BCUT2D eigenvalue weighted by Gasteiger charge is -2.10. The molecule has 0 bridgehead atoms. The van der Waals surface area contributed by atoms with Crippen molar-refractivity contribution in [3.63, 3.8) is 0 Å². The van der Waals surface area contributed by atoms with Crippen molar-refractivity contribution in [2.24, 2.45) is 0 Å². The fourth-order valence-corrected chi connectivity index (χ4v) is 4.27. The summed E-state index contributed by atoms with van der Waals surface area (Å²) in [7, 11) is 0. The van der Waals surface area contributed by atoms with Crippen LogP contribution in [0.4, 0.5) is 16.4 Å². The van der Waals surface area contributed by atoms with Gasteiger partial charge in [-0.2, -0.15) is 0 Å². The first-order valence-electron chi connectivity index (χ1n) is 7.91. The SMILES string of the molecule is O=C(Nc1sc2c(c1C(=O)O)CCCC2)c1cc([N+](=O)[O-])cc([N+](=O)[O-])c1. The number of aromatic carboxylic acids is 1. The van der Waals surface area contributed by atoms with Crippen LogP contribution in [0.15, 0.2) is 18.2 Å². The van der Waals surface area contributed by atoms with Crippen molar-refractivity contribution in [3.05, 3.63) is 60.0 Å². The number of nitro groups is 2. The number of fused-ring (bicyclic) bond motifs is 1. The van der Waals surface area contributed by atoms with Crippen LogP contribution in [0.1, 0.15) is 44.0 Å². The van der Waals surface area contributed by atoms with E-state index in [0.717, 1.165) is 53.7 Å². The van der Waals surface area contributed by atoms with Gasteiger partial charge in [0.2, 0.25) is 0 Å². The second kappa shape index (κ2) is 7.11. The standard InChI is InChI=1S/C16H13N3O7S/c20-14(8-5-9(18(23)24)7-10(6-8)19(25)26)17-15-13(16(21)22)11-3-1-2-4-12(11)27-15/h5-7H,1-4H2,(H,17,20)(H,21,22). The van der Waals surface area contributed by atoms with Crippen molar-refractivity contribution in [2.45, 2.75) is 25.7 Å². The summed E-state index contributed by atoms with van der Waals surface area (Å²) in [6.07, 6.45) is 3.11. The van der Waals surface area contributed by atoms with Crippen LogP contribution in [-0.2, 0) is 12.8 Å². The number of anilines is 1. The van der Waals surface area contributed by atoms with Crippen LogP contribution in [0.25, 0.3) is 0 Å². The molecule has 1 aromatic carbocycles. The van der Waals surface area contributed by atoms with Crippen LogP contribution >= 0.6 is 11.3 Å². The molecule has 0 saturated heterocycles. The Morgan fingerprint density at radius 2 is 1.63 bits per heavy atom. The number of carboxylic acids is 1. The largest absolute Gasteiger partial charge is 0.478 e. The van der Waals surface area contributed by atoms with E-state index >= 15 is 0 Å². The summed E-state index contributed by atoms with van der Waals surface area (Å²) < 4.78 is 0. The number of nitrogens with one attached hydrogen (secondary N) is 1. The lowest BCUT2D eigenvalue weighted by atomic mass is 9.95. The summed E-state index contributed by atoms with van der Waals surface area (Å²) in [5, 5.41) is 34.0. The first-order valence-corrected chi connectivity index (χ1v) is 8.72. The summed E-state index contributed by atoms with van der Waals surface area (Å²) in [6, 6.07) is 2.58. The molecule has 2 aromatic rings. The molecule has 2 N–H and O–H groups in total. The molecule has 27 heavy (non-hydrogen) atoms. The van der Waals surface area contributed by atoms with Crippen molar-refractivity contribution >= 4 is 39.6 Å². The molecule has 11 heteroatoms. The molecule has 1 amide bonds. The molecule has 0 unspecified atom stereocenters.